The molecule has 0 rings (SSSR count). The highest BCUT2D eigenvalue weighted by Gasteiger charge is 2.22. The average molecular weight is 273 g/mol. The molecule has 0 spiro atoms. The topological polar surface area (TPSA) is 27.7 Å². The Morgan fingerprint density at radius 1 is 1.11 bits per heavy atom. The summed E-state index contributed by atoms with van der Waals surface area (Å²) in [5.41, 5.74) is 0. The lowest BCUT2D eigenvalue weighted by Gasteiger charge is -2.36. The molecule has 116 valence electrons. The van der Waals surface area contributed by atoms with Crippen LogP contribution in [0.25, 0.3) is 0 Å². The van der Waals surface area contributed by atoms with E-state index in [2.05, 4.69) is 56.9 Å². The highest BCUT2D eigenvalue weighted by molar-refractivity contribution is 4.79. The van der Waals surface area contributed by atoms with Gasteiger partial charge in [-0.25, -0.2) is 0 Å². The van der Waals surface area contributed by atoms with Crippen LogP contribution in [0.1, 0.15) is 27.7 Å². The zero-order valence-corrected chi connectivity index (χ0v) is 14.1. The third-order valence-corrected chi connectivity index (χ3v) is 3.32. The first-order valence-electron chi connectivity index (χ1n) is 7.52. The van der Waals surface area contributed by atoms with Gasteiger partial charge in [-0.2, -0.15) is 0 Å². The van der Waals surface area contributed by atoms with E-state index in [4.69, 9.17) is 4.74 Å². The van der Waals surface area contributed by atoms with Crippen molar-refractivity contribution < 1.29 is 4.74 Å². The number of likely N-dealkylation sites (N-methyl/N-ethyl adjacent to an activating group) is 2. The molecule has 0 amide bonds. The monoisotopic (exact) mass is 273 g/mol. The Morgan fingerprint density at radius 3 is 2.16 bits per heavy atom. The second kappa shape index (κ2) is 10.6. The largest absolute Gasteiger partial charge is 0.383 e. The predicted molar refractivity (Wildman–Crippen MR) is 83.8 cm³/mol. The standard InChI is InChI=1S/C15H35N3O/c1-8-18(14(4)11-17(5)6)15(12-19-7)10-16-9-13(2)3/h13-16H,8-12H2,1-7H3. The van der Waals surface area contributed by atoms with Crippen molar-refractivity contribution in [3.05, 3.63) is 0 Å². The molecule has 4 nitrogen and oxygen atoms in total. The van der Waals surface area contributed by atoms with E-state index in [1.165, 1.54) is 0 Å². The van der Waals surface area contributed by atoms with Gasteiger partial charge in [0.25, 0.3) is 0 Å². The van der Waals surface area contributed by atoms with E-state index >= 15 is 0 Å². The van der Waals surface area contributed by atoms with Crippen molar-refractivity contribution in [1.82, 2.24) is 15.1 Å². The normalized spacial score (nSPS) is 15.5. The minimum atomic E-state index is 0.448. The first kappa shape index (κ1) is 18.8. The smallest absolute Gasteiger partial charge is 0.0630 e. The summed E-state index contributed by atoms with van der Waals surface area (Å²) in [5.74, 6) is 0.692. The van der Waals surface area contributed by atoms with Gasteiger partial charge in [-0.15, -0.1) is 0 Å². The van der Waals surface area contributed by atoms with Gasteiger partial charge >= 0.3 is 0 Å². The number of ether oxygens (including phenoxy) is 1. The van der Waals surface area contributed by atoms with Crippen molar-refractivity contribution in [1.29, 1.82) is 0 Å². The van der Waals surface area contributed by atoms with Crippen LogP contribution in [0.15, 0.2) is 0 Å². The van der Waals surface area contributed by atoms with Crippen molar-refractivity contribution in [2.75, 3.05) is 54.0 Å². The van der Waals surface area contributed by atoms with Gasteiger partial charge in [-0.1, -0.05) is 20.8 Å². The maximum Gasteiger partial charge on any atom is 0.0630 e. The maximum atomic E-state index is 5.40. The lowest BCUT2D eigenvalue weighted by molar-refractivity contribution is 0.0599. The average Bonchev–Trinajstić information content (AvgIpc) is 2.28. The molecule has 0 saturated heterocycles. The highest BCUT2D eigenvalue weighted by atomic mass is 16.5. The van der Waals surface area contributed by atoms with Crippen molar-refractivity contribution in [3.8, 4) is 0 Å². The molecule has 0 aliphatic carbocycles. The van der Waals surface area contributed by atoms with E-state index in [1.54, 1.807) is 7.11 Å². The molecule has 0 aromatic rings. The summed E-state index contributed by atoms with van der Waals surface area (Å²) >= 11 is 0. The Morgan fingerprint density at radius 2 is 1.74 bits per heavy atom. The number of nitrogens with one attached hydrogen (secondary N) is 1. The minimum absolute atomic E-state index is 0.448. The van der Waals surface area contributed by atoms with Crippen LogP contribution in [0.2, 0.25) is 0 Å². The summed E-state index contributed by atoms with van der Waals surface area (Å²) < 4.78 is 5.40. The van der Waals surface area contributed by atoms with Crippen LogP contribution < -0.4 is 5.32 Å². The molecule has 0 bridgehead atoms. The van der Waals surface area contributed by atoms with E-state index in [0.717, 1.165) is 32.8 Å². The van der Waals surface area contributed by atoms with Crippen molar-refractivity contribution in [2.24, 2.45) is 5.92 Å². The molecular formula is C15H35N3O. The molecule has 0 aromatic carbocycles. The van der Waals surface area contributed by atoms with Crippen molar-refractivity contribution in [3.63, 3.8) is 0 Å². The van der Waals surface area contributed by atoms with Gasteiger partial charge < -0.3 is 15.0 Å². The summed E-state index contributed by atoms with van der Waals surface area (Å²) in [6, 6.07) is 0.990. The first-order valence-corrected chi connectivity index (χ1v) is 7.52. The molecule has 2 unspecified atom stereocenters. The van der Waals surface area contributed by atoms with E-state index in [1.807, 2.05) is 0 Å². The molecule has 0 saturated carbocycles. The van der Waals surface area contributed by atoms with Crippen molar-refractivity contribution >= 4 is 0 Å². The fraction of sp³-hybridized carbons (Fsp3) is 1.00. The summed E-state index contributed by atoms with van der Waals surface area (Å²) in [7, 11) is 6.05. The van der Waals surface area contributed by atoms with Gasteiger partial charge in [0, 0.05) is 32.3 Å². The van der Waals surface area contributed by atoms with Crippen LogP contribution in [0.4, 0.5) is 0 Å². The molecule has 0 aliphatic rings. The van der Waals surface area contributed by atoms with Gasteiger partial charge in [0.2, 0.25) is 0 Å². The molecule has 19 heavy (non-hydrogen) atoms. The lowest BCUT2D eigenvalue weighted by atomic mass is 10.1. The predicted octanol–water partition coefficient (Wildman–Crippen LogP) is 1.52. The van der Waals surface area contributed by atoms with Crippen molar-refractivity contribution in [2.45, 2.75) is 39.8 Å². The van der Waals surface area contributed by atoms with Gasteiger partial charge in [0.05, 0.1) is 6.61 Å². The lowest BCUT2D eigenvalue weighted by Crippen LogP contribution is -2.52. The van der Waals surface area contributed by atoms with Gasteiger partial charge in [-0.05, 0) is 40.0 Å². The number of rotatable bonds is 11. The van der Waals surface area contributed by atoms with Crippen LogP contribution in [-0.4, -0.2) is 75.9 Å². The SMILES string of the molecule is CCN(C(C)CN(C)C)C(CNCC(C)C)COC. The van der Waals surface area contributed by atoms with Gasteiger partial charge in [-0.3, -0.25) is 4.90 Å². The van der Waals surface area contributed by atoms with E-state index in [-0.39, 0.29) is 0 Å². The van der Waals surface area contributed by atoms with Gasteiger partial charge in [0.1, 0.15) is 0 Å². The Kier molecular flexibility index (Phi) is 10.5. The number of hydrogen-bond donors (Lipinski definition) is 1. The summed E-state index contributed by atoms with van der Waals surface area (Å²) in [5, 5.41) is 3.56. The quantitative estimate of drug-likeness (QED) is 0.618. The molecule has 0 radical (unpaired) electrons. The molecular weight excluding hydrogens is 238 g/mol. The zero-order chi connectivity index (χ0) is 14.8. The number of methoxy groups -OCH3 is 1. The van der Waals surface area contributed by atoms with E-state index in [9.17, 15) is 0 Å². The Labute approximate surface area is 120 Å². The summed E-state index contributed by atoms with van der Waals surface area (Å²) in [6.07, 6.45) is 0. The Hall–Kier alpha value is -0.160. The first-order chi connectivity index (χ1) is 8.92. The molecule has 0 heterocycles. The molecule has 2 atom stereocenters. The van der Waals surface area contributed by atoms with Crippen LogP contribution in [0.3, 0.4) is 0 Å². The minimum Gasteiger partial charge on any atom is -0.383 e. The molecule has 1 N–H and O–H groups in total. The molecule has 0 aliphatic heterocycles. The van der Waals surface area contributed by atoms with Crippen LogP contribution in [-0.2, 0) is 4.74 Å². The highest BCUT2D eigenvalue weighted by Crippen LogP contribution is 2.07. The zero-order valence-electron chi connectivity index (χ0n) is 14.1. The summed E-state index contributed by atoms with van der Waals surface area (Å²) in [4.78, 5) is 4.79. The van der Waals surface area contributed by atoms with Crippen LogP contribution in [0.5, 0.6) is 0 Å². The fourth-order valence-electron chi connectivity index (χ4n) is 2.57. The number of nitrogens with zero attached hydrogens (tertiary/aromatic N) is 2. The third-order valence-electron chi connectivity index (χ3n) is 3.32. The van der Waals surface area contributed by atoms with Crippen LogP contribution >= 0.6 is 0 Å². The van der Waals surface area contributed by atoms with Gasteiger partial charge in [0.15, 0.2) is 0 Å². The fourth-order valence-corrected chi connectivity index (χ4v) is 2.57. The second-order valence-electron chi connectivity index (χ2n) is 6.10. The Bertz CT molecular complexity index is 210. The second-order valence-corrected chi connectivity index (χ2v) is 6.10. The number of hydrogen-bond acceptors (Lipinski definition) is 4. The molecule has 0 aromatic heterocycles. The third kappa shape index (κ3) is 8.58. The van der Waals surface area contributed by atoms with Crippen LogP contribution in [0, 0.1) is 5.92 Å². The summed E-state index contributed by atoms with van der Waals surface area (Å²) in [6.45, 7) is 14.0. The molecule has 4 heteroatoms. The van der Waals surface area contributed by atoms with E-state index in [0.29, 0.717) is 18.0 Å². The van der Waals surface area contributed by atoms with E-state index < -0.39 is 0 Å². The maximum absolute atomic E-state index is 5.40. The Balaban J connectivity index is 4.42. The molecule has 0 fully saturated rings.